The van der Waals surface area contributed by atoms with Crippen molar-refractivity contribution >= 4 is 23.3 Å². The number of nitrogens with zero attached hydrogens (tertiary/aromatic N) is 2. The molecule has 0 aliphatic heterocycles. The number of nitriles is 2. The zero-order chi connectivity index (χ0) is 29.6. The predicted octanol–water partition coefficient (Wildman–Crippen LogP) is 10.2. The summed E-state index contributed by atoms with van der Waals surface area (Å²) in [5.41, 5.74) is 17.3. The molecule has 2 heteroatoms. The smallest absolute Gasteiger partial charge is 0.0991 e. The van der Waals surface area contributed by atoms with Crippen molar-refractivity contribution in [3.63, 3.8) is 0 Å². The highest BCUT2D eigenvalue weighted by molar-refractivity contribution is 6.16. The van der Waals surface area contributed by atoms with Crippen LogP contribution in [-0.4, -0.2) is 0 Å². The second kappa shape index (κ2) is 10.2. The lowest BCUT2D eigenvalue weighted by molar-refractivity contribution is 1.48. The Hall–Kier alpha value is -6.22. The van der Waals surface area contributed by atoms with Crippen LogP contribution in [0.5, 0.6) is 0 Å². The highest BCUT2D eigenvalue weighted by Gasteiger charge is 2.30. The Balaban J connectivity index is 1.47. The number of fused-ring (bicyclic) bond motifs is 5. The van der Waals surface area contributed by atoms with Gasteiger partial charge in [-0.2, -0.15) is 10.5 Å². The van der Waals surface area contributed by atoms with Crippen molar-refractivity contribution in [3.05, 3.63) is 178 Å². The van der Waals surface area contributed by atoms with Crippen LogP contribution in [0.2, 0.25) is 0 Å². The van der Waals surface area contributed by atoms with Gasteiger partial charge in [-0.15, -0.1) is 0 Å². The van der Waals surface area contributed by atoms with E-state index in [-0.39, 0.29) is 0 Å². The zero-order valence-electron chi connectivity index (χ0n) is 23.8. The van der Waals surface area contributed by atoms with E-state index < -0.39 is 0 Å². The molecule has 0 amide bonds. The summed E-state index contributed by atoms with van der Waals surface area (Å²) < 4.78 is 0. The topological polar surface area (TPSA) is 47.6 Å². The molecule has 0 radical (unpaired) electrons. The highest BCUT2D eigenvalue weighted by Crippen LogP contribution is 2.52. The molecule has 0 spiro atoms. The second-order valence-corrected chi connectivity index (χ2v) is 11.2. The third kappa shape index (κ3) is 4.10. The molecule has 0 saturated heterocycles. The maximum Gasteiger partial charge on any atom is 0.0991 e. The molecule has 0 bridgehead atoms. The third-order valence-corrected chi connectivity index (χ3v) is 8.67. The van der Waals surface area contributed by atoms with E-state index in [1.165, 1.54) is 55.7 Å². The molecule has 2 aliphatic rings. The van der Waals surface area contributed by atoms with Gasteiger partial charge in [0.15, 0.2) is 0 Å². The van der Waals surface area contributed by atoms with E-state index in [9.17, 15) is 10.5 Å². The maximum absolute atomic E-state index is 9.58. The Morgan fingerprint density at radius 2 is 0.773 bits per heavy atom. The molecule has 0 saturated carbocycles. The molecular weight excluding hydrogens is 532 g/mol. The van der Waals surface area contributed by atoms with E-state index in [0.29, 0.717) is 11.1 Å². The van der Waals surface area contributed by atoms with Crippen molar-refractivity contribution in [1.82, 2.24) is 0 Å². The van der Waals surface area contributed by atoms with Crippen molar-refractivity contribution in [2.45, 2.75) is 0 Å². The average Bonchev–Trinajstić information content (AvgIpc) is 3.31. The SMILES string of the molecule is N#Cc1cccc(-c2ccc3c(c2)C(=C2c4ccccc4C=Cc4ccccc42)c2cc(-c4cccc(C#N)c4)ccc2-3)c1. The molecule has 202 valence electrons. The van der Waals surface area contributed by atoms with Crippen LogP contribution in [-0.2, 0) is 0 Å². The molecule has 6 aromatic carbocycles. The summed E-state index contributed by atoms with van der Waals surface area (Å²) >= 11 is 0. The van der Waals surface area contributed by atoms with Crippen LogP contribution >= 0.6 is 0 Å². The average molecular weight is 557 g/mol. The summed E-state index contributed by atoms with van der Waals surface area (Å²) in [5, 5.41) is 19.2. The lowest BCUT2D eigenvalue weighted by Crippen LogP contribution is -1.97. The van der Waals surface area contributed by atoms with Crippen LogP contribution in [0.15, 0.2) is 133 Å². The van der Waals surface area contributed by atoms with Gasteiger partial charge in [0.2, 0.25) is 0 Å². The van der Waals surface area contributed by atoms with Gasteiger partial charge in [-0.1, -0.05) is 109 Å². The standard InChI is InChI=1S/C42H24N2/c43-25-27-7-5-11-31(21-27)33-17-19-37-38-20-18-34(32-12-6-8-28(22-32)26-44)24-40(38)42(39(37)23-33)41-35-13-3-1-9-29(35)15-16-30-10-2-4-14-36(30)41/h1-24H. The zero-order valence-corrected chi connectivity index (χ0v) is 23.8. The Labute approximate surface area is 256 Å². The van der Waals surface area contributed by atoms with E-state index in [2.05, 4.69) is 121 Å². The Morgan fingerprint density at radius 3 is 1.25 bits per heavy atom. The minimum absolute atomic E-state index is 0.645. The van der Waals surface area contributed by atoms with E-state index >= 15 is 0 Å². The second-order valence-electron chi connectivity index (χ2n) is 11.2. The fraction of sp³-hybridized carbons (Fsp3) is 0. The third-order valence-electron chi connectivity index (χ3n) is 8.67. The molecule has 2 aliphatic carbocycles. The van der Waals surface area contributed by atoms with Crippen molar-refractivity contribution in [2.75, 3.05) is 0 Å². The molecule has 0 fully saturated rings. The maximum atomic E-state index is 9.58. The van der Waals surface area contributed by atoms with Crippen LogP contribution in [0.4, 0.5) is 0 Å². The first-order valence-electron chi connectivity index (χ1n) is 14.6. The van der Waals surface area contributed by atoms with Gasteiger partial charge >= 0.3 is 0 Å². The Morgan fingerprint density at radius 1 is 0.341 bits per heavy atom. The van der Waals surface area contributed by atoms with Crippen molar-refractivity contribution in [2.24, 2.45) is 0 Å². The van der Waals surface area contributed by atoms with Crippen LogP contribution in [0.1, 0.15) is 44.5 Å². The molecule has 0 N–H and O–H groups in total. The minimum atomic E-state index is 0.645. The number of hydrogen-bond acceptors (Lipinski definition) is 2. The summed E-state index contributed by atoms with van der Waals surface area (Å²) in [4.78, 5) is 0. The first-order chi connectivity index (χ1) is 21.7. The largest absolute Gasteiger partial charge is 0.192 e. The minimum Gasteiger partial charge on any atom is -0.192 e. The van der Waals surface area contributed by atoms with E-state index in [0.717, 1.165) is 22.3 Å². The number of rotatable bonds is 2. The molecule has 0 aromatic heterocycles. The first-order valence-corrected chi connectivity index (χ1v) is 14.6. The van der Waals surface area contributed by atoms with Crippen molar-refractivity contribution in [3.8, 4) is 45.5 Å². The van der Waals surface area contributed by atoms with Crippen LogP contribution < -0.4 is 0 Å². The fourth-order valence-corrected chi connectivity index (χ4v) is 6.62. The lowest BCUT2D eigenvalue weighted by Gasteiger charge is -2.18. The molecular formula is C42H24N2. The van der Waals surface area contributed by atoms with Crippen LogP contribution in [0.3, 0.4) is 0 Å². The van der Waals surface area contributed by atoms with E-state index in [1.807, 2.05) is 36.4 Å². The summed E-state index contributed by atoms with van der Waals surface area (Å²) in [5.74, 6) is 0. The molecule has 8 rings (SSSR count). The molecule has 0 unspecified atom stereocenters. The quantitative estimate of drug-likeness (QED) is 0.213. The number of benzene rings is 6. The number of hydrogen-bond donors (Lipinski definition) is 0. The van der Waals surface area contributed by atoms with Gasteiger partial charge in [-0.25, -0.2) is 0 Å². The van der Waals surface area contributed by atoms with Crippen LogP contribution in [0, 0.1) is 22.7 Å². The van der Waals surface area contributed by atoms with Crippen LogP contribution in [0.25, 0.3) is 56.7 Å². The van der Waals surface area contributed by atoms with Gasteiger partial charge < -0.3 is 0 Å². The highest BCUT2D eigenvalue weighted by atomic mass is 14.3. The van der Waals surface area contributed by atoms with Gasteiger partial charge in [0, 0.05) is 0 Å². The predicted molar refractivity (Wildman–Crippen MR) is 179 cm³/mol. The van der Waals surface area contributed by atoms with Gasteiger partial charge in [0.05, 0.1) is 23.3 Å². The Bertz CT molecular complexity index is 2140. The molecule has 2 nitrogen and oxygen atoms in total. The lowest BCUT2D eigenvalue weighted by atomic mass is 9.85. The van der Waals surface area contributed by atoms with Crippen molar-refractivity contribution in [1.29, 1.82) is 10.5 Å². The van der Waals surface area contributed by atoms with E-state index in [1.54, 1.807) is 0 Å². The summed E-state index contributed by atoms with van der Waals surface area (Å²) in [7, 11) is 0. The summed E-state index contributed by atoms with van der Waals surface area (Å²) in [6.07, 6.45) is 4.43. The monoisotopic (exact) mass is 556 g/mol. The Kier molecular flexibility index (Phi) is 5.94. The fourth-order valence-electron chi connectivity index (χ4n) is 6.62. The summed E-state index contributed by atoms with van der Waals surface area (Å²) in [6.45, 7) is 0. The normalized spacial score (nSPS) is 12.3. The molecule has 0 heterocycles. The van der Waals surface area contributed by atoms with Gasteiger partial charge in [0.25, 0.3) is 0 Å². The first kappa shape index (κ1) is 25.5. The summed E-state index contributed by atoms with van der Waals surface area (Å²) in [6, 6.07) is 50.8. The van der Waals surface area contributed by atoms with Gasteiger partial charge in [-0.3, -0.25) is 0 Å². The van der Waals surface area contributed by atoms with Gasteiger partial charge in [-0.05, 0) is 114 Å². The molecule has 44 heavy (non-hydrogen) atoms. The molecule has 6 aromatic rings. The molecule has 0 atom stereocenters. The van der Waals surface area contributed by atoms with Gasteiger partial charge in [0.1, 0.15) is 0 Å². The van der Waals surface area contributed by atoms with Crippen molar-refractivity contribution < 1.29 is 0 Å². The van der Waals surface area contributed by atoms with E-state index in [4.69, 9.17) is 0 Å².